The summed E-state index contributed by atoms with van der Waals surface area (Å²) in [4.78, 5) is 0.217. The number of benzene rings is 2. The minimum absolute atomic E-state index is 0.0653. The second kappa shape index (κ2) is 6.55. The Bertz CT molecular complexity index is 999. The third-order valence-electron chi connectivity index (χ3n) is 5.17. The molecule has 1 aliphatic heterocycles. The molecule has 27 heavy (non-hydrogen) atoms. The van der Waals surface area contributed by atoms with Crippen LogP contribution < -0.4 is 9.47 Å². The molecule has 2 aliphatic rings. The fourth-order valence-corrected chi connectivity index (χ4v) is 6.14. The molecule has 1 saturated carbocycles. The van der Waals surface area contributed by atoms with Gasteiger partial charge in [-0.05, 0) is 36.8 Å². The average Bonchev–Trinajstić information content (AvgIpc) is 3.15. The molecule has 6 nitrogen and oxygen atoms in total. The highest BCUT2D eigenvalue weighted by Gasteiger charge is 2.72. The third-order valence-corrected chi connectivity index (χ3v) is 7.46. The number of nitrogens with zero attached hydrogens (tertiary/aromatic N) is 1. The summed E-state index contributed by atoms with van der Waals surface area (Å²) in [5, 5.41) is 9.07. The third kappa shape index (κ3) is 2.76. The maximum absolute atomic E-state index is 13.3. The normalized spacial score (nSPS) is 25.8. The van der Waals surface area contributed by atoms with Crippen LogP contribution in [-0.2, 0) is 14.6 Å². The highest BCUT2D eigenvalue weighted by molar-refractivity contribution is 7.92. The summed E-state index contributed by atoms with van der Waals surface area (Å²) in [6.45, 7) is 2.44. The van der Waals surface area contributed by atoms with Crippen molar-refractivity contribution in [1.82, 2.24) is 0 Å². The van der Waals surface area contributed by atoms with Gasteiger partial charge in [0.2, 0.25) is 6.79 Å². The van der Waals surface area contributed by atoms with Crippen LogP contribution in [0.2, 0.25) is 0 Å². The van der Waals surface area contributed by atoms with Gasteiger partial charge in [-0.2, -0.15) is 5.26 Å². The molecule has 0 spiro atoms. The molecule has 140 valence electrons. The first-order chi connectivity index (χ1) is 13.0. The van der Waals surface area contributed by atoms with Gasteiger partial charge >= 0.3 is 0 Å². The van der Waals surface area contributed by atoms with Gasteiger partial charge < -0.3 is 14.2 Å². The van der Waals surface area contributed by atoms with Crippen molar-refractivity contribution in [2.24, 2.45) is 5.41 Å². The average molecular weight is 385 g/mol. The second-order valence-corrected chi connectivity index (χ2v) is 8.73. The minimum Gasteiger partial charge on any atom is -0.454 e. The lowest BCUT2D eigenvalue weighted by Crippen LogP contribution is -2.19. The van der Waals surface area contributed by atoms with Gasteiger partial charge in [-0.1, -0.05) is 24.3 Å². The Morgan fingerprint density at radius 3 is 2.63 bits per heavy atom. The van der Waals surface area contributed by atoms with E-state index in [4.69, 9.17) is 14.2 Å². The Morgan fingerprint density at radius 2 is 1.93 bits per heavy atom. The molecule has 1 fully saturated rings. The zero-order chi connectivity index (χ0) is 19.1. The fourth-order valence-electron chi connectivity index (χ4n) is 3.80. The lowest BCUT2D eigenvalue weighted by molar-refractivity contribution is 0.117. The van der Waals surface area contributed by atoms with Gasteiger partial charge in [0, 0.05) is 12.5 Å². The van der Waals surface area contributed by atoms with Crippen molar-refractivity contribution in [1.29, 1.82) is 5.26 Å². The summed E-state index contributed by atoms with van der Waals surface area (Å²) in [5.41, 5.74) is -0.386. The van der Waals surface area contributed by atoms with Gasteiger partial charge in [0.25, 0.3) is 0 Å². The number of sulfone groups is 1. The Hall–Kier alpha value is -2.56. The van der Waals surface area contributed by atoms with Gasteiger partial charge in [0.05, 0.1) is 22.8 Å². The summed E-state index contributed by atoms with van der Waals surface area (Å²) >= 11 is 0. The Kier molecular flexibility index (Phi) is 4.33. The van der Waals surface area contributed by atoms with Gasteiger partial charge in [-0.25, -0.2) is 8.42 Å². The lowest BCUT2D eigenvalue weighted by atomic mass is 10.0. The van der Waals surface area contributed by atoms with Crippen LogP contribution in [-0.4, -0.2) is 33.7 Å². The largest absolute Gasteiger partial charge is 0.454 e. The molecule has 0 amide bonds. The number of fused-ring (bicyclic) bond motifs is 1. The Balaban J connectivity index is 1.77. The first-order valence-electron chi connectivity index (χ1n) is 8.72. The molecule has 0 bridgehead atoms. The van der Waals surface area contributed by atoms with Crippen LogP contribution in [0.3, 0.4) is 0 Å². The smallest absolute Gasteiger partial charge is 0.231 e. The maximum atomic E-state index is 13.3. The minimum atomic E-state index is -3.70. The summed E-state index contributed by atoms with van der Waals surface area (Å²) in [5.74, 6) is 0.696. The van der Waals surface area contributed by atoms with Crippen molar-refractivity contribution in [3.05, 3.63) is 54.1 Å². The van der Waals surface area contributed by atoms with E-state index in [1.54, 1.807) is 48.5 Å². The zero-order valence-electron chi connectivity index (χ0n) is 14.8. The molecule has 0 N–H and O–H groups in total. The van der Waals surface area contributed by atoms with Crippen LogP contribution in [0, 0.1) is 16.7 Å². The van der Waals surface area contributed by atoms with E-state index in [0.717, 1.165) is 5.56 Å². The van der Waals surface area contributed by atoms with E-state index >= 15 is 0 Å². The van der Waals surface area contributed by atoms with Crippen LogP contribution in [0.1, 0.15) is 18.4 Å². The number of rotatable bonds is 6. The zero-order valence-corrected chi connectivity index (χ0v) is 15.6. The first-order valence-corrected chi connectivity index (χ1v) is 10.3. The number of nitriles is 1. The SMILES string of the molecule is CCOC[C@@]1(C#N)[C@H](S(=O)(=O)c2ccccc2)[C@@H]1c1ccc2c(c1)OCO2. The molecule has 1 aliphatic carbocycles. The first kappa shape index (κ1) is 17.8. The molecular weight excluding hydrogens is 366 g/mol. The second-order valence-electron chi connectivity index (χ2n) is 6.66. The summed E-state index contributed by atoms with van der Waals surface area (Å²) in [7, 11) is -3.70. The molecule has 3 atom stereocenters. The van der Waals surface area contributed by atoms with Gasteiger partial charge in [0.15, 0.2) is 21.3 Å². The standard InChI is InChI=1S/C20H19NO5S/c1-2-24-12-20(11-21)18(14-8-9-16-17(10-14)26-13-25-16)19(20)27(22,23)15-6-4-3-5-7-15/h3-10,18-19H,2,12-13H2,1H3/t18-,19+,20+/m0/s1. The molecule has 7 heteroatoms. The molecule has 1 heterocycles. The topological polar surface area (TPSA) is 85.6 Å². The summed E-state index contributed by atoms with van der Waals surface area (Å²) in [6.07, 6.45) is 0. The van der Waals surface area contributed by atoms with Crippen molar-refractivity contribution in [2.45, 2.75) is 23.0 Å². The molecule has 2 aromatic carbocycles. The van der Waals surface area contributed by atoms with Crippen LogP contribution >= 0.6 is 0 Å². The van der Waals surface area contributed by atoms with E-state index in [-0.39, 0.29) is 18.3 Å². The predicted octanol–water partition coefficient (Wildman–Crippen LogP) is 2.90. The molecule has 0 aromatic heterocycles. The monoisotopic (exact) mass is 385 g/mol. The van der Waals surface area contributed by atoms with Crippen molar-refractivity contribution in [3.63, 3.8) is 0 Å². The summed E-state index contributed by atoms with van der Waals surface area (Å²) < 4.78 is 42.8. The van der Waals surface area contributed by atoms with Crippen molar-refractivity contribution in [3.8, 4) is 17.6 Å². The van der Waals surface area contributed by atoms with Crippen molar-refractivity contribution >= 4 is 9.84 Å². The predicted molar refractivity (Wildman–Crippen MR) is 97.3 cm³/mol. The Labute approximate surface area is 158 Å². The molecule has 0 unspecified atom stereocenters. The number of hydrogen-bond acceptors (Lipinski definition) is 6. The van der Waals surface area contributed by atoms with Crippen LogP contribution in [0.4, 0.5) is 0 Å². The van der Waals surface area contributed by atoms with Crippen LogP contribution in [0.25, 0.3) is 0 Å². The number of ether oxygens (including phenoxy) is 3. The lowest BCUT2D eigenvalue weighted by Gasteiger charge is -2.10. The maximum Gasteiger partial charge on any atom is 0.231 e. The molecule has 0 radical (unpaired) electrons. The summed E-state index contributed by atoms with van der Waals surface area (Å²) in [6, 6.07) is 15.8. The van der Waals surface area contributed by atoms with E-state index in [2.05, 4.69) is 6.07 Å². The van der Waals surface area contributed by atoms with E-state index in [0.29, 0.717) is 18.1 Å². The quantitative estimate of drug-likeness (QED) is 0.760. The van der Waals surface area contributed by atoms with E-state index in [1.807, 2.05) is 6.92 Å². The highest BCUT2D eigenvalue weighted by Crippen LogP contribution is 2.64. The van der Waals surface area contributed by atoms with E-state index in [9.17, 15) is 13.7 Å². The highest BCUT2D eigenvalue weighted by atomic mass is 32.2. The van der Waals surface area contributed by atoms with Gasteiger partial charge in [-0.3, -0.25) is 0 Å². The molecule has 4 rings (SSSR count). The van der Waals surface area contributed by atoms with Crippen LogP contribution in [0.5, 0.6) is 11.5 Å². The van der Waals surface area contributed by atoms with Crippen molar-refractivity contribution < 1.29 is 22.6 Å². The van der Waals surface area contributed by atoms with Crippen molar-refractivity contribution in [2.75, 3.05) is 20.0 Å². The van der Waals surface area contributed by atoms with E-state index in [1.165, 1.54) is 0 Å². The van der Waals surface area contributed by atoms with Gasteiger partial charge in [-0.15, -0.1) is 0 Å². The van der Waals surface area contributed by atoms with E-state index < -0.39 is 26.4 Å². The van der Waals surface area contributed by atoms with Gasteiger partial charge in [0.1, 0.15) is 5.41 Å². The molecule has 0 saturated heterocycles. The van der Waals surface area contributed by atoms with Crippen LogP contribution in [0.15, 0.2) is 53.4 Å². The molecular formula is C20H19NO5S. The molecule has 2 aromatic rings. The number of hydrogen-bond donors (Lipinski definition) is 0. The Morgan fingerprint density at radius 1 is 1.19 bits per heavy atom. The fraction of sp³-hybridized carbons (Fsp3) is 0.350.